The molecule has 0 atom stereocenters. The van der Waals surface area contributed by atoms with Crippen molar-refractivity contribution in [3.63, 3.8) is 0 Å². The summed E-state index contributed by atoms with van der Waals surface area (Å²) in [6, 6.07) is 6.17. The van der Waals surface area contributed by atoms with Crippen molar-refractivity contribution in [3.05, 3.63) is 212 Å². The lowest BCUT2D eigenvalue weighted by Gasteiger charge is -2.19. The second-order valence-corrected chi connectivity index (χ2v) is 13.2. The Hall–Kier alpha value is -7.62. The van der Waals surface area contributed by atoms with Crippen LogP contribution in [0, 0.1) is 0 Å². The molecule has 0 aliphatic rings. The van der Waals surface area contributed by atoms with Gasteiger partial charge in [0.05, 0.1) is 74.6 Å². The maximum Gasteiger partial charge on any atom is 0.0652 e. The Morgan fingerprint density at radius 3 is 1.40 bits per heavy atom. The molecule has 12 rings (SSSR count). The van der Waals surface area contributed by atoms with Crippen LogP contribution in [-0.4, -0.2) is 13.7 Å². The van der Waals surface area contributed by atoms with Gasteiger partial charge in [0.15, 0.2) is 0 Å². The third kappa shape index (κ3) is 4.66. The first-order chi connectivity index (χ1) is 37.5. The zero-order valence-electron chi connectivity index (χ0n) is 51.3. The summed E-state index contributed by atoms with van der Waals surface area (Å²) in [5, 5.41) is -2.48. The van der Waals surface area contributed by atoms with Gasteiger partial charge < -0.3 is 13.7 Å². The van der Waals surface area contributed by atoms with E-state index in [9.17, 15) is 16.4 Å². The highest BCUT2D eigenvalue weighted by Crippen LogP contribution is 2.44. The number of nitrogens with zero attached hydrogens (tertiary/aromatic N) is 3. The van der Waals surface area contributed by atoms with E-state index in [0.717, 1.165) is 9.13 Å². The molecule has 3 aromatic heterocycles. The first kappa shape index (κ1) is 17.0. The quantitative estimate of drug-likeness (QED) is 0.167. The molecular formula is C54H35N3. The van der Waals surface area contributed by atoms with Crippen molar-refractivity contribution in [3.8, 4) is 39.3 Å². The summed E-state index contributed by atoms with van der Waals surface area (Å²) < 4.78 is 208. The monoisotopic (exact) mass is 747 g/mol. The molecule has 57 heavy (non-hydrogen) atoms. The van der Waals surface area contributed by atoms with Gasteiger partial charge in [0.2, 0.25) is 0 Å². The average molecular weight is 748 g/mol. The number of rotatable bonds is 5. The smallest absolute Gasteiger partial charge is 0.0652 e. The lowest BCUT2D eigenvalue weighted by atomic mass is 9.95. The van der Waals surface area contributed by atoms with Crippen molar-refractivity contribution in [2.24, 2.45) is 0 Å². The predicted molar refractivity (Wildman–Crippen MR) is 240 cm³/mol. The molecule has 0 radical (unpaired) electrons. The number of hydrogen-bond donors (Lipinski definition) is 0. The Balaban J connectivity index is 1.35. The first-order valence-electron chi connectivity index (χ1n) is 28.8. The molecule has 0 bridgehead atoms. The van der Waals surface area contributed by atoms with Crippen molar-refractivity contribution in [1.29, 1.82) is 0 Å². The normalized spacial score (nSPS) is 17.3. The third-order valence-electron chi connectivity index (χ3n) is 10.3. The summed E-state index contributed by atoms with van der Waals surface area (Å²) >= 11 is 0. The van der Waals surface area contributed by atoms with E-state index in [-0.39, 0.29) is 21.8 Å². The van der Waals surface area contributed by atoms with Gasteiger partial charge in [-0.3, -0.25) is 0 Å². The summed E-state index contributed by atoms with van der Waals surface area (Å²) in [5.41, 5.74) is -1.30. The Morgan fingerprint density at radius 2 is 0.807 bits per heavy atom. The van der Waals surface area contributed by atoms with Gasteiger partial charge in [-0.25, -0.2) is 0 Å². The molecule has 0 saturated heterocycles. The third-order valence-corrected chi connectivity index (χ3v) is 10.3. The highest BCUT2D eigenvalue weighted by molar-refractivity contribution is 6.17. The van der Waals surface area contributed by atoms with Crippen molar-refractivity contribution in [1.82, 2.24) is 13.7 Å². The second-order valence-electron chi connectivity index (χ2n) is 13.2. The van der Waals surface area contributed by atoms with Crippen LogP contribution in [0.2, 0.25) is 0 Å². The van der Waals surface area contributed by atoms with Crippen LogP contribution in [0.25, 0.3) is 105 Å². The summed E-state index contributed by atoms with van der Waals surface area (Å²) in [6.07, 6.45) is 0. The molecule has 0 amide bonds. The van der Waals surface area contributed by atoms with Gasteiger partial charge in [0, 0.05) is 49.1 Å². The number of hydrogen-bond acceptors (Lipinski definition) is 0. The average Bonchev–Trinajstić information content (AvgIpc) is 2.62. The fourth-order valence-corrected chi connectivity index (χ4v) is 7.92. The number of benzene rings is 9. The maximum absolute atomic E-state index is 10.4. The second kappa shape index (κ2) is 12.5. The van der Waals surface area contributed by atoms with E-state index in [1.54, 1.807) is 42.5 Å². The molecule has 12 aromatic rings. The van der Waals surface area contributed by atoms with Crippen molar-refractivity contribution < 1.29 is 30.2 Å². The van der Waals surface area contributed by atoms with Crippen LogP contribution in [0.15, 0.2) is 212 Å². The van der Waals surface area contributed by atoms with Crippen LogP contribution in [0.5, 0.6) is 0 Å². The molecule has 3 nitrogen and oxygen atoms in total. The molecule has 266 valence electrons. The van der Waals surface area contributed by atoms with Gasteiger partial charge >= 0.3 is 0 Å². The number of fused-ring (bicyclic) bond motifs is 9. The van der Waals surface area contributed by atoms with E-state index < -0.39 is 188 Å². The number of para-hydroxylation sites is 5. The molecular weight excluding hydrogens is 691 g/mol. The minimum atomic E-state index is -0.944. The van der Waals surface area contributed by atoms with E-state index in [2.05, 4.69) is 0 Å². The SMILES string of the molecule is [2H]c1c([2H])c([2H])c2c(c1[2H])c1c([2H])c(-n3c4c([2H])c([2H])c([2H])c([2H])c4c4c(-n5c6c([2H])c([2H])c([2H])c([2H])c6c6c([2H])c([2H])c([2H])c([2H])c65)c([2H])c([2H])c([2H])c43)c([2H])c([2H])c1n2-c1c(-c2ccccc2)cccc1-c1ccccc1. The molecule has 0 fully saturated rings. The fraction of sp³-hybridized carbons (Fsp3) is 0. The molecule has 0 unspecified atom stereocenters. The van der Waals surface area contributed by atoms with Crippen molar-refractivity contribution in [2.45, 2.75) is 0 Å². The summed E-state index contributed by atoms with van der Waals surface area (Å²) in [7, 11) is 0. The predicted octanol–water partition coefficient (Wildman–Crippen LogP) is 14.3. The molecule has 3 heteroatoms. The molecule has 0 N–H and O–H groups in total. The van der Waals surface area contributed by atoms with Gasteiger partial charge in [-0.1, -0.05) is 157 Å². The van der Waals surface area contributed by atoms with Gasteiger partial charge in [0.1, 0.15) is 0 Å². The largest absolute Gasteiger partial charge is 0.309 e. The molecule has 0 aliphatic carbocycles. The maximum atomic E-state index is 10.4. The summed E-state index contributed by atoms with van der Waals surface area (Å²) in [6.45, 7) is 0. The van der Waals surface area contributed by atoms with Crippen LogP contribution in [0.4, 0.5) is 0 Å². The van der Waals surface area contributed by atoms with Crippen LogP contribution in [-0.2, 0) is 0 Å². The summed E-state index contributed by atoms with van der Waals surface area (Å²) in [5.74, 6) is 0. The lowest BCUT2D eigenvalue weighted by molar-refractivity contribution is 1.16. The molecule has 3 heterocycles. The zero-order chi connectivity index (χ0) is 56.6. The van der Waals surface area contributed by atoms with Gasteiger partial charge in [-0.05, 0) is 65.5 Å². The fourth-order valence-electron chi connectivity index (χ4n) is 7.92. The van der Waals surface area contributed by atoms with Gasteiger partial charge in [-0.2, -0.15) is 0 Å². The minimum Gasteiger partial charge on any atom is -0.309 e. The Morgan fingerprint density at radius 1 is 0.333 bits per heavy atom. The van der Waals surface area contributed by atoms with E-state index in [1.165, 1.54) is 4.57 Å². The van der Waals surface area contributed by atoms with E-state index in [1.807, 2.05) is 36.4 Å². The molecule has 9 aromatic carbocycles. The number of aromatic nitrogens is 3. The lowest BCUT2D eigenvalue weighted by Crippen LogP contribution is -2.01. The molecule has 0 aliphatic heterocycles. The van der Waals surface area contributed by atoms with Gasteiger partial charge in [0.25, 0.3) is 0 Å². The first-order valence-corrected chi connectivity index (χ1v) is 17.8. The van der Waals surface area contributed by atoms with Crippen LogP contribution < -0.4 is 0 Å². The van der Waals surface area contributed by atoms with Crippen LogP contribution in [0.3, 0.4) is 0 Å². The topological polar surface area (TPSA) is 14.8 Å². The van der Waals surface area contributed by atoms with Crippen molar-refractivity contribution >= 4 is 65.4 Å². The minimum absolute atomic E-state index is 0.194. The van der Waals surface area contributed by atoms with E-state index in [0.29, 0.717) is 27.9 Å². The van der Waals surface area contributed by atoms with E-state index in [4.69, 9.17) is 13.7 Å². The van der Waals surface area contributed by atoms with Crippen LogP contribution in [0.1, 0.15) is 30.2 Å². The molecule has 0 saturated carbocycles. The van der Waals surface area contributed by atoms with Gasteiger partial charge in [-0.15, -0.1) is 0 Å². The zero-order valence-corrected chi connectivity index (χ0v) is 29.3. The Labute approximate surface area is 360 Å². The highest BCUT2D eigenvalue weighted by atomic mass is 15.0. The standard InChI is InChI=1S/C54H35N3/c1-3-17-36(18-4-1)39-25-15-26-40(37-19-5-2-6-20-37)54(39)57-48-29-13-9-23-43(48)45-35-38(33-34-50(45)57)55-49-30-14-10-24-44(49)53-51(55)31-16-32-52(53)56-46-27-11-7-21-41(46)42-22-8-12-28-47(42)56/h1-35H/i7D,8D,9D,10D,11D,12D,13D,14D,16D,21D,22D,23D,24D,27D,28D,29D,30D,31D,32D,33D,34D,35D. The van der Waals surface area contributed by atoms with E-state index >= 15 is 0 Å². The molecule has 0 spiro atoms. The highest BCUT2D eigenvalue weighted by Gasteiger charge is 2.22. The van der Waals surface area contributed by atoms with Crippen molar-refractivity contribution in [2.75, 3.05) is 0 Å². The summed E-state index contributed by atoms with van der Waals surface area (Å²) in [4.78, 5) is 0. The Kier molecular flexibility index (Phi) is 3.72. The van der Waals surface area contributed by atoms with Crippen LogP contribution >= 0.6 is 0 Å². The Bertz CT molecular complexity index is 4660.